The van der Waals surface area contributed by atoms with Gasteiger partial charge < -0.3 is 5.11 Å². The molecule has 0 aromatic rings. The van der Waals surface area contributed by atoms with Crippen LogP contribution in [0.1, 0.15) is 32.6 Å². The van der Waals surface area contributed by atoms with Crippen molar-refractivity contribution < 1.29 is 14.7 Å². The van der Waals surface area contributed by atoms with Gasteiger partial charge in [-0.25, -0.2) is 0 Å². The molecule has 0 bridgehead atoms. The molecule has 1 heterocycles. The quantitative estimate of drug-likeness (QED) is 0.658. The van der Waals surface area contributed by atoms with Crippen LogP contribution in [0, 0.1) is 5.92 Å². The monoisotopic (exact) mass is 199 g/mol. The molecule has 1 aliphatic rings. The van der Waals surface area contributed by atoms with E-state index in [9.17, 15) is 9.59 Å². The average Bonchev–Trinajstić information content (AvgIpc) is 2.48. The van der Waals surface area contributed by atoms with Crippen molar-refractivity contribution in [3.8, 4) is 0 Å². The number of rotatable bonds is 5. The summed E-state index contributed by atoms with van der Waals surface area (Å²) in [5.41, 5.74) is 0. The summed E-state index contributed by atoms with van der Waals surface area (Å²) in [6.45, 7) is 2.64. The van der Waals surface area contributed by atoms with Gasteiger partial charge in [-0.15, -0.1) is 0 Å². The lowest BCUT2D eigenvalue weighted by Gasteiger charge is -2.14. The molecular formula is C10H17NO3. The lowest BCUT2D eigenvalue weighted by molar-refractivity contribution is -0.138. The number of hydrogen-bond acceptors (Lipinski definition) is 3. The van der Waals surface area contributed by atoms with E-state index in [4.69, 9.17) is 5.11 Å². The number of carbonyl (C=O) groups excluding carboxylic acids is 2. The van der Waals surface area contributed by atoms with Gasteiger partial charge in [0.2, 0.25) is 11.8 Å². The van der Waals surface area contributed by atoms with E-state index in [0.717, 1.165) is 12.8 Å². The predicted molar refractivity (Wildman–Crippen MR) is 51.4 cm³/mol. The first-order valence-corrected chi connectivity index (χ1v) is 5.09. The summed E-state index contributed by atoms with van der Waals surface area (Å²) in [5.74, 6) is 0.154. The Hall–Kier alpha value is -0.900. The third-order valence-electron chi connectivity index (χ3n) is 2.55. The molecule has 4 nitrogen and oxygen atoms in total. The molecule has 0 aromatic heterocycles. The Morgan fingerprint density at radius 3 is 2.43 bits per heavy atom. The molecule has 0 spiro atoms. The highest BCUT2D eigenvalue weighted by Gasteiger charge is 2.27. The highest BCUT2D eigenvalue weighted by molar-refractivity contribution is 6.01. The van der Waals surface area contributed by atoms with Crippen LogP contribution in [0.4, 0.5) is 0 Å². The van der Waals surface area contributed by atoms with E-state index in [2.05, 4.69) is 0 Å². The molecule has 80 valence electrons. The molecule has 0 aliphatic carbocycles. The summed E-state index contributed by atoms with van der Waals surface area (Å²) >= 11 is 0. The molecule has 0 aromatic carbocycles. The fourth-order valence-corrected chi connectivity index (χ4v) is 1.56. The largest absolute Gasteiger partial charge is 0.396 e. The van der Waals surface area contributed by atoms with Crippen LogP contribution in [0.25, 0.3) is 0 Å². The number of aliphatic hydroxyl groups excluding tert-OH is 1. The number of likely N-dealkylation sites (tertiary alicyclic amines) is 1. The van der Waals surface area contributed by atoms with Gasteiger partial charge in [0.1, 0.15) is 0 Å². The molecule has 1 saturated heterocycles. The number of nitrogens with zero attached hydrogens (tertiary/aromatic N) is 1. The minimum Gasteiger partial charge on any atom is -0.396 e. The van der Waals surface area contributed by atoms with Crippen molar-refractivity contribution >= 4 is 11.8 Å². The summed E-state index contributed by atoms with van der Waals surface area (Å²) < 4.78 is 0. The maximum atomic E-state index is 11.2. The van der Waals surface area contributed by atoms with E-state index in [0.29, 0.717) is 19.4 Å². The predicted octanol–water partition coefficient (Wildman–Crippen LogP) is 0.544. The Labute approximate surface area is 83.9 Å². The van der Waals surface area contributed by atoms with Gasteiger partial charge in [0.25, 0.3) is 0 Å². The zero-order valence-corrected chi connectivity index (χ0v) is 8.53. The Balaban J connectivity index is 2.24. The van der Waals surface area contributed by atoms with Crippen LogP contribution >= 0.6 is 0 Å². The molecule has 1 aliphatic heterocycles. The van der Waals surface area contributed by atoms with E-state index in [-0.39, 0.29) is 24.3 Å². The van der Waals surface area contributed by atoms with Gasteiger partial charge in [-0.05, 0) is 18.8 Å². The van der Waals surface area contributed by atoms with Gasteiger partial charge in [-0.1, -0.05) is 6.92 Å². The lowest BCUT2D eigenvalue weighted by Crippen LogP contribution is -2.30. The Kier molecular flexibility index (Phi) is 4.07. The summed E-state index contributed by atoms with van der Waals surface area (Å²) in [4.78, 5) is 23.7. The van der Waals surface area contributed by atoms with Crippen molar-refractivity contribution in [3.05, 3.63) is 0 Å². The zero-order chi connectivity index (χ0) is 10.6. The van der Waals surface area contributed by atoms with E-state index in [1.165, 1.54) is 4.90 Å². The maximum absolute atomic E-state index is 11.2. The second-order valence-electron chi connectivity index (χ2n) is 3.87. The number of imide groups is 1. The van der Waals surface area contributed by atoms with Crippen molar-refractivity contribution in [3.63, 3.8) is 0 Å². The molecule has 1 unspecified atom stereocenters. The van der Waals surface area contributed by atoms with Crippen molar-refractivity contribution in [2.75, 3.05) is 13.2 Å². The van der Waals surface area contributed by atoms with Crippen LogP contribution in [0.2, 0.25) is 0 Å². The Morgan fingerprint density at radius 2 is 1.93 bits per heavy atom. The summed E-state index contributed by atoms with van der Waals surface area (Å²) in [5, 5.41) is 8.78. The number of amides is 2. The van der Waals surface area contributed by atoms with Crippen molar-refractivity contribution in [1.82, 2.24) is 4.90 Å². The number of aliphatic hydroxyl groups is 1. The fourth-order valence-electron chi connectivity index (χ4n) is 1.56. The smallest absolute Gasteiger partial charge is 0.229 e. The number of hydrogen-bond donors (Lipinski definition) is 1. The zero-order valence-electron chi connectivity index (χ0n) is 8.53. The third kappa shape index (κ3) is 2.80. The topological polar surface area (TPSA) is 57.6 Å². The van der Waals surface area contributed by atoms with Crippen LogP contribution in [-0.4, -0.2) is 35.0 Å². The second kappa shape index (κ2) is 5.10. The van der Waals surface area contributed by atoms with Crippen LogP contribution in [0.5, 0.6) is 0 Å². The maximum Gasteiger partial charge on any atom is 0.229 e. The molecule has 0 radical (unpaired) electrons. The van der Waals surface area contributed by atoms with Gasteiger partial charge in [-0.3, -0.25) is 14.5 Å². The van der Waals surface area contributed by atoms with Gasteiger partial charge in [0.15, 0.2) is 0 Å². The van der Waals surface area contributed by atoms with Crippen LogP contribution < -0.4 is 0 Å². The van der Waals surface area contributed by atoms with Gasteiger partial charge in [0, 0.05) is 26.0 Å². The first kappa shape index (κ1) is 11.2. The molecule has 1 fully saturated rings. The van der Waals surface area contributed by atoms with E-state index in [1.807, 2.05) is 6.92 Å². The molecule has 1 N–H and O–H groups in total. The second-order valence-corrected chi connectivity index (χ2v) is 3.87. The van der Waals surface area contributed by atoms with Crippen molar-refractivity contribution in [1.29, 1.82) is 0 Å². The normalized spacial score (nSPS) is 19.1. The third-order valence-corrected chi connectivity index (χ3v) is 2.55. The SMILES string of the molecule is CC(CO)CCCN1C(=O)CCC1=O. The standard InChI is InChI=1S/C10H17NO3/c1-8(7-12)3-2-6-11-9(13)4-5-10(11)14/h8,12H,2-7H2,1H3. The van der Waals surface area contributed by atoms with E-state index < -0.39 is 0 Å². The van der Waals surface area contributed by atoms with E-state index >= 15 is 0 Å². The Morgan fingerprint density at radius 1 is 1.36 bits per heavy atom. The molecule has 0 saturated carbocycles. The molecule has 14 heavy (non-hydrogen) atoms. The van der Waals surface area contributed by atoms with Crippen molar-refractivity contribution in [2.24, 2.45) is 5.92 Å². The fraction of sp³-hybridized carbons (Fsp3) is 0.800. The minimum absolute atomic E-state index is 0.0494. The first-order chi connectivity index (χ1) is 6.65. The molecule has 1 atom stereocenters. The Bertz CT molecular complexity index is 211. The molecular weight excluding hydrogens is 182 g/mol. The van der Waals surface area contributed by atoms with Gasteiger partial charge in [0.05, 0.1) is 0 Å². The first-order valence-electron chi connectivity index (χ1n) is 5.09. The van der Waals surface area contributed by atoms with Crippen LogP contribution in [0.3, 0.4) is 0 Å². The lowest BCUT2D eigenvalue weighted by atomic mass is 10.1. The number of carbonyl (C=O) groups is 2. The highest BCUT2D eigenvalue weighted by atomic mass is 16.3. The summed E-state index contributed by atoms with van der Waals surface area (Å²) in [7, 11) is 0. The van der Waals surface area contributed by atoms with Gasteiger partial charge >= 0.3 is 0 Å². The van der Waals surface area contributed by atoms with E-state index in [1.54, 1.807) is 0 Å². The highest BCUT2D eigenvalue weighted by Crippen LogP contribution is 2.13. The molecule has 4 heteroatoms. The van der Waals surface area contributed by atoms with Crippen LogP contribution in [-0.2, 0) is 9.59 Å². The summed E-state index contributed by atoms with van der Waals surface area (Å²) in [6, 6.07) is 0. The van der Waals surface area contributed by atoms with Crippen LogP contribution in [0.15, 0.2) is 0 Å². The molecule has 1 rings (SSSR count). The minimum atomic E-state index is -0.0494. The summed E-state index contributed by atoms with van der Waals surface area (Å²) in [6.07, 6.45) is 2.38. The van der Waals surface area contributed by atoms with Crippen molar-refractivity contribution in [2.45, 2.75) is 32.6 Å². The average molecular weight is 199 g/mol. The molecule has 2 amide bonds. The van der Waals surface area contributed by atoms with Gasteiger partial charge in [-0.2, -0.15) is 0 Å².